The number of fused-ring (bicyclic) bond motifs is 3. The van der Waals surface area contributed by atoms with Crippen molar-refractivity contribution in [1.29, 1.82) is 0 Å². The largest absolute Gasteiger partial charge is 0.331 e. The molecule has 0 saturated carbocycles. The third-order valence-corrected chi connectivity index (χ3v) is 4.54. The van der Waals surface area contributed by atoms with Crippen molar-refractivity contribution in [3.05, 3.63) is 52.1 Å². The molecule has 0 N–H and O–H groups in total. The van der Waals surface area contributed by atoms with E-state index < -0.39 is 10.9 Å². The van der Waals surface area contributed by atoms with Crippen LogP contribution in [0.3, 0.4) is 0 Å². The number of oxime groups is 1. The number of thiophene rings is 1. The van der Waals surface area contributed by atoms with Gasteiger partial charge in [-0.3, -0.25) is 10.1 Å². The van der Waals surface area contributed by atoms with Gasteiger partial charge in [0.1, 0.15) is 0 Å². The number of benzene rings is 2. The molecule has 6 nitrogen and oxygen atoms in total. The lowest BCUT2D eigenvalue weighted by Gasteiger charge is -2.01. The minimum atomic E-state index is -0.484. The first-order valence-corrected chi connectivity index (χ1v) is 7.60. The van der Waals surface area contributed by atoms with Gasteiger partial charge in [0, 0.05) is 39.2 Å². The number of hydrogen-bond acceptors (Lipinski definition) is 6. The van der Waals surface area contributed by atoms with E-state index in [9.17, 15) is 14.9 Å². The van der Waals surface area contributed by atoms with E-state index in [1.54, 1.807) is 30.4 Å². The fourth-order valence-electron chi connectivity index (χ4n) is 2.29. The van der Waals surface area contributed by atoms with Crippen LogP contribution in [-0.4, -0.2) is 16.6 Å². The van der Waals surface area contributed by atoms with E-state index in [-0.39, 0.29) is 5.69 Å². The molecular formula is C16H12N2O4S. The van der Waals surface area contributed by atoms with Crippen LogP contribution in [0.2, 0.25) is 0 Å². The van der Waals surface area contributed by atoms with E-state index >= 15 is 0 Å². The average molecular weight is 328 g/mol. The first-order chi connectivity index (χ1) is 11.0. The number of hydrogen-bond donors (Lipinski definition) is 0. The van der Waals surface area contributed by atoms with Crippen molar-refractivity contribution >= 4 is 48.9 Å². The van der Waals surface area contributed by atoms with E-state index in [0.29, 0.717) is 5.71 Å². The Balaban J connectivity index is 2.15. The Morgan fingerprint density at radius 3 is 2.43 bits per heavy atom. The third-order valence-electron chi connectivity index (χ3n) is 3.39. The maximum atomic E-state index is 11.0. The SMILES string of the molecule is CC(=O)ON=C(C)c1ccc2sc3ccc([N+](=O)[O-])cc3c2c1. The highest BCUT2D eigenvalue weighted by Crippen LogP contribution is 2.36. The summed E-state index contributed by atoms with van der Waals surface area (Å²) in [5.41, 5.74) is 1.42. The van der Waals surface area contributed by atoms with E-state index in [0.717, 1.165) is 25.7 Å². The molecule has 0 aliphatic heterocycles. The van der Waals surface area contributed by atoms with Gasteiger partial charge in [0.2, 0.25) is 0 Å². The molecule has 0 aliphatic rings. The molecule has 7 heteroatoms. The maximum Gasteiger partial charge on any atom is 0.331 e. The van der Waals surface area contributed by atoms with Crippen LogP contribution < -0.4 is 0 Å². The molecular weight excluding hydrogens is 316 g/mol. The van der Waals surface area contributed by atoms with Crippen LogP contribution in [0.25, 0.3) is 20.2 Å². The summed E-state index contributed by atoms with van der Waals surface area (Å²) in [6, 6.07) is 10.6. The van der Waals surface area contributed by atoms with Crippen LogP contribution in [0, 0.1) is 10.1 Å². The highest BCUT2D eigenvalue weighted by molar-refractivity contribution is 7.25. The Morgan fingerprint density at radius 1 is 1.13 bits per heavy atom. The molecule has 23 heavy (non-hydrogen) atoms. The lowest BCUT2D eigenvalue weighted by atomic mass is 10.1. The van der Waals surface area contributed by atoms with Crippen molar-refractivity contribution in [2.45, 2.75) is 13.8 Å². The molecule has 2 aromatic carbocycles. The van der Waals surface area contributed by atoms with Gasteiger partial charge in [0.25, 0.3) is 5.69 Å². The summed E-state index contributed by atoms with van der Waals surface area (Å²) in [5.74, 6) is -0.484. The first-order valence-electron chi connectivity index (χ1n) is 6.79. The fraction of sp³-hybridized carbons (Fsp3) is 0.125. The monoisotopic (exact) mass is 328 g/mol. The van der Waals surface area contributed by atoms with Gasteiger partial charge in [0.05, 0.1) is 10.6 Å². The predicted octanol–water partition coefficient (Wildman–Crippen LogP) is 4.25. The second kappa shape index (κ2) is 5.77. The average Bonchev–Trinajstić information content (AvgIpc) is 2.89. The normalized spacial score (nSPS) is 11.8. The quantitative estimate of drug-likeness (QED) is 0.311. The van der Waals surface area contributed by atoms with Crippen LogP contribution in [0.15, 0.2) is 41.6 Å². The Morgan fingerprint density at radius 2 is 1.78 bits per heavy atom. The maximum absolute atomic E-state index is 11.0. The van der Waals surface area contributed by atoms with Crippen molar-refractivity contribution in [2.75, 3.05) is 0 Å². The molecule has 0 amide bonds. The Kier molecular flexibility index (Phi) is 3.79. The third kappa shape index (κ3) is 2.91. The summed E-state index contributed by atoms with van der Waals surface area (Å²) in [4.78, 5) is 26.1. The van der Waals surface area contributed by atoms with Gasteiger partial charge in [-0.15, -0.1) is 11.3 Å². The fourth-order valence-corrected chi connectivity index (χ4v) is 3.36. The zero-order chi connectivity index (χ0) is 16.6. The van der Waals surface area contributed by atoms with Crippen molar-refractivity contribution in [3.63, 3.8) is 0 Å². The van der Waals surface area contributed by atoms with Crippen LogP contribution in [0.5, 0.6) is 0 Å². The number of nitro groups is 1. The first kappa shape index (κ1) is 15.1. The minimum Gasteiger partial charge on any atom is -0.318 e. The molecule has 3 aromatic rings. The van der Waals surface area contributed by atoms with Gasteiger partial charge in [-0.05, 0) is 30.7 Å². The number of rotatable bonds is 3. The predicted molar refractivity (Wildman–Crippen MR) is 90.0 cm³/mol. The van der Waals surface area contributed by atoms with Gasteiger partial charge in [0.15, 0.2) is 0 Å². The van der Waals surface area contributed by atoms with E-state index in [1.165, 1.54) is 13.0 Å². The topological polar surface area (TPSA) is 81.8 Å². The zero-order valence-electron chi connectivity index (χ0n) is 12.4. The second-order valence-electron chi connectivity index (χ2n) is 5.01. The Labute approximate surface area is 135 Å². The molecule has 1 heterocycles. The summed E-state index contributed by atoms with van der Waals surface area (Å²) in [5, 5.41) is 16.5. The molecule has 116 valence electrons. The van der Waals surface area contributed by atoms with Crippen LogP contribution >= 0.6 is 11.3 Å². The lowest BCUT2D eigenvalue weighted by Crippen LogP contribution is -1.99. The van der Waals surface area contributed by atoms with E-state index in [2.05, 4.69) is 9.99 Å². The van der Waals surface area contributed by atoms with Gasteiger partial charge < -0.3 is 4.84 Å². The number of carbonyl (C=O) groups is 1. The summed E-state index contributed by atoms with van der Waals surface area (Å²) in [7, 11) is 0. The number of nitro benzene ring substituents is 1. The molecule has 0 unspecified atom stereocenters. The summed E-state index contributed by atoms with van der Waals surface area (Å²) >= 11 is 1.57. The van der Waals surface area contributed by atoms with E-state index in [4.69, 9.17) is 0 Å². The molecule has 0 radical (unpaired) electrons. The van der Waals surface area contributed by atoms with Crippen molar-refractivity contribution in [2.24, 2.45) is 5.16 Å². The second-order valence-corrected chi connectivity index (χ2v) is 6.09. The van der Waals surface area contributed by atoms with Crippen molar-refractivity contribution in [1.82, 2.24) is 0 Å². The van der Waals surface area contributed by atoms with Crippen LogP contribution in [0.1, 0.15) is 19.4 Å². The highest BCUT2D eigenvalue weighted by Gasteiger charge is 2.12. The summed E-state index contributed by atoms with van der Waals surface area (Å²) < 4.78 is 2.02. The molecule has 0 fully saturated rings. The number of non-ortho nitro benzene ring substituents is 1. The molecule has 0 atom stereocenters. The minimum absolute atomic E-state index is 0.0629. The number of nitrogens with zero attached hydrogens (tertiary/aromatic N) is 2. The van der Waals surface area contributed by atoms with Gasteiger partial charge in [-0.25, -0.2) is 4.79 Å². The highest BCUT2D eigenvalue weighted by atomic mass is 32.1. The number of carbonyl (C=O) groups excluding carboxylic acids is 1. The Hall–Kier alpha value is -2.80. The van der Waals surface area contributed by atoms with Gasteiger partial charge in [-0.2, -0.15) is 0 Å². The van der Waals surface area contributed by atoms with Crippen molar-refractivity contribution < 1.29 is 14.6 Å². The molecule has 0 spiro atoms. The van der Waals surface area contributed by atoms with Gasteiger partial charge in [-0.1, -0.05) is 11.2 Å². The van der Waals surface area contributed by atoms with Gasteiger partial charge >= 0.3 is 5.97 Å². The standard InChI is InChI=1S/C16H12N2O4S/c1-9(17-22-10(2)19)11-3-5-15-13(7-11)14-8-12(18(20)21)4-6-16(14)23-15/h3-8H,1-2H3. The molecule has 3 rings (SSSR count). The van der Waals surface area contributed by atoms with Crippen LogP contribution in [-0.2, 0) is 9.63 Å². The summed E-state index contributed by atoms with van der Waals surface area (Å²) in [6.45, 7) is 3.02. The zero-order valence-corrected chi connectivity index (χ0v) is 13.2. The van der Waals surface area contributed by atoms with Crippen LogP contribution in [0.4, 0.5) is 5.69 Å². The van der Waals surface area contributed by atoms with E-state index in [1.807, 2.05) is 18.2 Å². The Bertz CT molecular complexity index is 975. The molecule has 0 aliphatic carbocycles. The molecule has 1 aromatic heterocycles. The molecule has 0 saturated heterocycles. The summed E-state index contributed by atoms with van der Waals surface area (Å²) in [6.07, 6.45) is 0. The smallest absolute Gasteiger partial charge is 0.318 e. The van der Waals surface area contributed by atoms with Crippen molar-refractivity contribution in [3.8, 4) is 0 Å². The molecule has 0 bridgehead atoms. The lowest BCUT2D eigenvalue weighted by molar-refractivity contribution is -0.384.